The van der Waals surface area contributed by atoms with E-state index in [1.807, 2.05) is 0 Å². The minimum atomic E-state index is 0.245. The fraction of sp³-hybridized carbons (Fsp3) is 0.818. The second kappa shape index (κ2) is 2.51. The largest absolute Gasteiger partial charge is 0.483 e. The van der Waals surface area contributed by atoms with Crippen molar-refractivity contribution in [1.29, 1.82) is 0 Å². The zero-order chi connectivity index (χ0) is 9.57. The number of hydrogen-bond acceptors (Lipinski definition) is 1. The van der Waals surface area contributed by atoms with Crippen LogP contribution in [-0.2, 0) is 4.74 Å². The van der Waals surface area contributed by atoms with Gasteiger partial charge in [0.1, 0.15) is 5.76 Å². The van der Waals surface area contributed by atoms with Crippen LogP contribution >= 0.6 is 0 Å². The first-order chi connectivity index (χ1) is 5.20. The predicted molar refractivity (Wildman–Crippen MR) is 51.9 cm³/mol. The normalized spacial score (nSPS) is 27.2. The molecule has 12 heavy (non-hydrogen) atoms. The third-order valence-corrected chi connectivity index (χ3v) is 1.82. The summed E-state index contributed by atoms with van der Waals surface area (Å²) in [6, 6.07) is 0. The van der Waals surface area contributed by atoms with Gasteiger partial charge in [0.05, 0.1) is 0 Å². The van der Waals surface area contributed by atoms with E-state index in [-0.39, 0.29) is 10.8 Å². The van der Waals surface area contributed by atoms with Crippen LogP contribution in [0.15, 0.2) is 11.8 Å². The molecule has 0 bridgehead atoms. The molecular weight excluding hydrogens is 148 g/mol. The van der Waals surface area contributed by atoms with Crippen LogP contribution in [0.4, 0.5) is 0 Å². The lowest BCUT2D eigenvalue weighted by Crippen LogP contribution is -2.13. The second-order valence-electron chi connectivity index (χ2n) is 5.78. The third-order valence-electron chi connectivity index (χ3n) is 1.82. The van der Waals surface area contributed by atoms with Crippen LogP contribution in [0, 0.1) is 10.8 Å². The Hall–Kier alpha value is -0.460. The maximum absolute atomic E-state index is 5.52. The van der Waals surface area contributed by atoms with Crippen molar-refractivity contribution in [1.82, 2.24) is 0 Å². The molecule has 70 valence electrons. The second-order valence-corrected chi connectivity index (χ2v) is 5.78. The first-order valence-corrected chi connectivity index (χ1v) is 4.59. The summed E-state index contributed by atoms with van der Waals surface area (Å²) in [5.74, 6) is 1.18. The van der Waals surface area contributed by atoms with Crippen molar-refractivity contribution in [3.63, 3.8) is 0 Å². The Morgan fingerprint density at radius 2 is 1.58 bits per heavy atom. The van der Waals surface area contributed by atoms with Crippen molar-refractivity contribution in [2.24, 2.45) is 10.8 Å². The van der Waals surface area contributed by atoms with E-state index in [1.165, 1.54) is 5.76 Å². The lowest BCUT2D eigenvalue weighted by molar-refractivity contribution is 0.268. The van der Waals surface area contributed by atoms with Crippen molar-refractivity contribution in [3.05, 3.63) is 11.8 Å². The van der Waals surface area contributed by atoms with Gasteiger partial charge in [-0.05, 0) is 11.5 Å². The molecule has 1 rings (SSSR count). The van der Waals surface area contributed by atoms with Crippen LogP contribution in [0.25, 0.3) is 0 Å². The van der Waals surface area contributed by atoms with Gasteiger partial charge in [0.25, 0.3) is 0 Å². The average molecular weight is 168 g/mol. The Morgan fingerprint density at radius 3 is 1.83 bits per heavy atom. The molecule has 1 nitrogen and oxygen atoms in total. The van der Waals surface area contributed by atoms with Gasteiger partial charge < -0.3 is 4.74 Å². The predicted octanol–water partition coefficient (Wildman–Crippen LogP) is 3.36. The lowest BCUT2D eigenvalue weighted by Gasteiger charge is -2.12. The van der Waals surface area contributed by atoms with E-state index in [1.54, 1.807) is 0 Å². The summed E-state index contributed by atoms with van der Waals surface area (Å²) >= 11 is 0. The van der Waals surface area contributed by atoms with Gasteiger partial charge in [-0.25, -0.2) is 0 Å². The van der Waals surface area contributed by atoms with Gasteiger partial charge in [-0.15, -0.1) is 0 Å². The number of rotatable bonds is 0. The summed E-state index contributed by atoms with van der Waals surface area (Å²) in [6.07, 6.45) is 2.58. The van der Waals surface area contributed by atoms with Gasteiger partial charge in [0.15, 0.2) is 6.10 Å². The number of epoxide rings is 1. The monoisotopic (exact) mass is 168 g/mol. The van der Waals surface area contributed by atoms with Crippen molar-refractivity contribution < 1.29 is 4.74 Å². The zero-order valence-electron chi connectivity index (χ0n) is 9.06. The molecule has 0 aromatic rings. The molecule has 0 amide bonds. The fourth-order valence-corrected chi connectivity index (χ4v) is 1.24. The summed E-state index contributed by atoms with van der Waals surface area (Å²) in [7, 11) is 0. The average Bonchev–Trinajstić information content (AvgIpc) is 2.37. The Kier molecular flexibility index (Phi) is 2.02. The highest BCUT2D eigenvalue weighted by molar-refractivity contribution is 5.19. The quantitative estimate of drug-likeness (QED) is 0.505. The topological polar surface area (TPSA) is 12.5 Å². The molecule has 1 heterocycles. The molecule has 0 saturated carbocycles. The third kappa shape index (κ3) is 2.54. The first-order valence-electron chi connectivity index (χ1n) is 4.59. The molecule has 1 aliphatic heterocycles. The Bertz CT molecular complexity index is 200. The van der Waals surface area contributed by atoms with Crippen LogP contribution in [0.3, 0.4) is 0 Å². The van der Waals surface area contributed by atoms with Crippen LogP contribution in [0.2, 0.25) is 0 Å². The smallest absolute Gasteiger partial charge is 0.160 e. The van der Waals surface area contributed by atoms with E-state index in [4.69, 9.17) is 4.74 Å². The van der Waals surface area contributed by atoms with Crippen LogP contribution in [0.5, 0.6) is 0 Å². The van der Waals surface area contributed by atoms with Gasteiger partial charge in [-0.3, -0.25) is 0 Å². The summed E-state index contributed by atoms with van der Waals surface area (Å²) in [4.78, 5) is 0. The van der Waals surface area contributed by atoms with Crippen molar-refractivity contribution in [2.75, 3.05) is 0 Å². The maximum atomic E-state index is 5.52. The summed E-state index contributed by atoms with van der Waals surface area (Å²) in [5.41, 5.74) is 0.506. The molecule has 0 radical (unpaired) electrons. The van der Waals surface area contributed by atoms with E-state index in [0.29, 0.717) is 6.10 Å². The molecule has 0 N–H and O–H groups in total. The van der Waals surface area contributed by atoms with E-state index >= 15 is 0 Å². The van der Waals surface area contributed by atoms with Crippen LogP contribution < -0.4 is 0 Å². The molecule has 1 atom stereocenters. The van der Waals surface area contributed by atoms with E-state index in [0.717, 1.165) is 0 Å². The molecule has 1 fully saturated rings. The summed E-state index contributed by atoms with van der Waals surface area (Å²) in [6.45, 7) is 13.2. The van der Waals surface area contributed by atoms with Crippen molar-refractivity contribution in [3.8, 4) is 0 Å². The Morgan fingerprint density at radius 1 is 1.08 bits per heavy atom. The molecule has 1 saturated heterocycles. The molecule has 1 heteroatoms. The minimum Gasteiger partial charge on any atom is -0.483 e. The summed E-state index contributed by atoms with van der Waals surface area (Å²) in [5, 5.41) is 0. The van der Waals surface area contributed by atoms with E-state index < -0.39 is 0 Å². The highest BCUT2D eigenvalue weighted by atomic mass is 16.6. The standard InChI is InChI=1S/C11H20O/c1-10(2,3)7-8-9(12-8)11(4,5)6/h7,9H,1-6H3. The van der Waals surface area contributed by atoms with E-state index in [9.17, 15) is 0 Å². The van der Waals surface area contributed by atoms with Crippen LogP contribution in [-0.4, -0.2) is 6.10 Å². The highest BCUT2D eigenvalue weighted by Crippen LogP contribution is 2.43. The molecule has 0 aromatic heterocycles. The maximum Gasteiger partial charge on any atom is 0.160 e. The van der Waals surface area contributed by atoms with Crippen LogP contribution in [0.1, 0.15) is 41.5 Å². The molecule has 1 unspecified atom stereocenters. The van der Waals surface area contributed by atoms with Gasteiger partial charge in [-0.2, -0.15) is 0 Å². The highest BCUT2D eigenvalue weighted by Gasteiger charge is 2.43. The number of allylic oxidation sites excluding steroid dienone is 1. The van der Waals surface area contributed by atoms with Gasteiger partial charge in [0, 0.05) is 5.41 Å². The van der Waals surface area contributed by atoms with Gasteiger partial charge in [0.2, 0.25) is 0 Å². The molecule has 0 aliphatic carbocycles. The zero-order valence-corrected chi connectivity index (χ0v) is 9.06. The van der Waals surface area contributed by atoms with Crippen molar-refractivity contribution in [2.45, 2.75) is 47.6 Å². The molecule has 1 aliphatic rings. The number of hydrogen-bond donors (Lipinski definition) is 0. The lowest BCUT2D eigenvalue weighted by atomic mass is 9.89. The first kappa shape index (κ1) is 9.63. The van der Waals surface area contributed by atoms with Crippen molar-refractivity contribution >= 4 is 0 Å². The van der Waals surface area contributed by atoms with Gasteiger partial charge >= 0.3 is 0 Å². The molecular formula is C11H20O. The Labute approximate surface area is 75.8 Å². The summed E-state index contributed by atoms with van der Waals surface area (Å²) < 4.78 is 5.52. The van der Waals surface area contributed by atoms with E-state index in [2.05, 4.69) is 47.6 Å². The molecule has 0 aromatic carbocycles. The SMILES string of the molecule is CC(C)(C)C=C1OC1C(C)(C)C. The molecule has 0 spiro atoms. The van der Waals surface area contributed by atoms with Gasteiger partial charge in [-0.1, -0.05) is 41.5 Å². The fourth-order valence-electron chi connectivity index (χ4n) is 1.24. The number of ether oxygens (including phenoxy) is 1. The minimum absolute atomic E-state index is 0.245. The Balaban J connectivity index is 2.59.